The van der Waals surface area contributed by atoms with Gasteiger partial charge in [0.25, 0.3) is 0 Å². The SMILES string of the molecule is CC(N)Cc1cc(F)ccc1SCC1CCCO1. The van der Waals surface area contributed by atoms with Gasteiger partial charge in [-0.2, -0.15) is 0 Å². The molecule has 1 aliphatic heterocycles. The number of thioether (sulfide) groups is 1. The van der Waals surface area contributed by atoms with Crippen molar-refractivity contribution < 1.29 is 9.13 Å². The lowest BCUT2D eigenvalue weighted by Crippen LogP contribution is -2.18. The number of halogens is 1. The summed E-state index contributed by atoms with van der Waals surface area (Å²) in [5.41, 5.74) is 6.81. The highest BCUT2D eigenvalue weighted by Crippen LogP contribution is 2.28. The van der Waals surface area contributed by atoms with Crippen molar-refractivity contribution in [2.24, 2.45) is 5.73 Å². The molecule has 2 nitrogen and oxygen atoms in total. The molecule has 100 valence electrons. The molecule has 0 spiro atoms. The van der Waals surface area contributed by atoms with Crippen LogP contribution in [0.3, 0.4) is 0 Å². The van der Waals surface area contributed by atoms with Crippen molar-refractivity contribution in [2.75, 3.05) is 12.4 Å². The van der Waals surface area contributed by atoms with Crippen molar-refractivity contribution in [3.05, 3.63) is 29.6 Å². The molecule has 0 saturated carbocycles. The highest BCUT2D eigenvalue weighted by atomic mass is 32.2. The fourth-order valence-corrected chi connectivity index (χ4v) is 3.27. The van der Waals surface area contributed by atoms with Gasteiger partial charge in [-0.05, 0) is 49.9 Å². The van der Waals surface area contributed by atoms with Gasteiger partial charge in [-0.25, -0.2) is 4.39 Å². The van der Waals surface area contributed by atoms with Crippen LogP contribution in [-0.2, 0) is 11.2 Å². The first-order valence-corrected chi connectivity index (χ1v) is 7.42. The molecule has 0 bridgehead atoms. The molecule has 1 heterocycles. The molecule has 1 fully saturated rings. The minimum atomic E-state index is -0.188. The van der Waals surface area contributed by atoms with Crippen LogP contribution in [0.15, 0.2) is 23.1 Å². The highest BCUT2D eigenvalue weighted by Gasteiger charge is 2.16. The van der Waals surface area contributed by atoms with Crippen molar-refractivity contribution in [1.82, 2.24) is 0 Å². The molecule has 2 atom stereocenters. The zero-order valence-electron chi connectivity index (χ0n) is 10.7. The minimum Gasteiger partial charge on any atom is -0.377 e. The number of hydrogen-bond donors (Lipinski definition) is 1. The highest BCUT2D eigenvalue weighted by molar-refractivity contribution is 7.99. The van der Waals surface area contributed by atoms with E-state index in [0.717, 1.165) is 35.7 Å². The summed E-state index contributed by atoms with van der Waals surface area (Å²) in [6.45, 7) is 2.82. The van der Waals surface area contributed by atoms with Crippen LogP contribution in [-0.4, -0.2) is 24.5 Å². The van der Waals surface area contributed by atoms with Gasteiger partial charge < -0.3 is 10.5 Å². The monoisotopic (exact) mass is 269 g/mol. The molecular weight excluding hydrogens is 249 g/mol. The Morgan fingerprint density at radius 2 is 2.39 bits per heavy atom. The topological polar surface area (TPSA) is 35.2 Å². The third-order valence-corrected chi connectivity index (χ3v) is 4.26. The Morgan fingerprint density at radius 3 is 3.06 bits per heavy atom. The lowest BCUT2D eigenvalue weighted by atomic mass is 10.1. The number of nitrogens with two attached hydrogens (primary N) is 1. The summed E-state index contributed by atoms with van der Waals surface area (Å²) in [6, 6.07) is 5.02. The number of rotatable bonds is 5. The lowest BCUT2D eigenvalue weighted by molar-refractivity contribution is 0.129. The van der Waals surface area contributed by atoms with Crippen LogP contribution in [0.25, 0.3) is 0 Å². The van der Waals surface area contributed by atoms with Gasteiger partial charge in [0, 0.05) is 23.3 Å². The van der Waals surface area contributed by atoms with Gasteiger partial charge in [0.05, 0.1) is 6.10 Å². The standard InChI is InChI=1S/C14H20FNOS/c1-10(16)7-11-8-12(15)4-5-14(11)18-9-13-3-2-6-17-13/h4-5,8,10,13H,2-3,6-7,9,16H2,1H3. The van der Waals surface area contributed by atoms with Gasteiger partial charge in [0.1, 0.15) is 5.82 Å². The maximum Gasteiger partial charge on any atom is 0.123 e. The predicted octanol–water partition coefficient (Wildman–Crippen LogP) is 2.99. The van der Waals surface area contributed by atoms with Crippen LogP contribution in [0.1, 0.15) is 25.3 Å². The van der Waals surface area contributed by atoms with Crippen molar-refractivity contribution in [1.29, 1.82) is 0 Å². The molecule has 0 radical (unpaired) electrons. The second kappa shape index (κ2) is 6.55. The molecule has 1 aliphatic rings. The summed E-state index contributed by atoms with van der Waals surface area (Å²) in [4.78, 5) is 1.13. The number of benzene rings is 1. The summed E-state index contributed by atoms with van der Waals surface area (Å²) >= 11 is 1.75. The van der Waals surface area contributed by atoms with E-state index in [1.54, 1.807) is 17.8 Å². The zero-order valence-corrected chi connectivity index (χ0v) is 11.5. The molecule has 18 heavy (non-hydrogen) atoms. The summed E-state index contributed by atoms with van der Waals surface area (Å²) in [5, 5.41) is 0. The Hall–Kier alpha value is -0.580. The van der Waals surface area contributed by atoms with Crippen LogP contribution in [0.4, 0.5) is 4.39 Å². The first-order valence-electron chi connectivity index (χ1n) is 6.43. The molecule has 2 rings (SSSR count). The van der Waals surface area contributed by atoms with Crippen LogP contribution in [0.5, 0.6) is 0 Å². The van der Waals surface area contributed by atoms with Gasteiger partial charge in [-0.3, -0.25) is 0 Å². The molecule has 0 aromatic heterocycles. The summed E-state index contributed by atoms with van der Waals surface area (Å²) in [6.07, 6.45) is 3.35. The van der Waals surface area contributed by atoms with E-state index >= 15 is 0 Å². The molecule has 2 unspecified atom stereocenters. The van der Waals surface area contributed by atoms with Crippen LogP contribution >= 0.6 is 11.8 Å². The van der Waals surface area contributed by atoms with Crippen LogP contribution < -0.4 is 5.73 Å². The van der Waals surface area contributed by atoms with E-state index in [2.05, 4.69) is 0 Å². The van der Waals surface area contributed by atoms with E-state index in [-0.39, 0.29) is 11.9 Å². The number of ether oxygens (including phenoxy) is 1. The Morgan fingerprint density at radius 1 is 1.56 bits per heavy atom. The first-order chi connectivity index (χ1) is 8.65. The fraction of sp³-hybridized carbons (Fsp3) is 0.571. The van der Waals surface area contributed by atoms with Crippen molar-refractivity contribution >= 4 is 11.8 Å². The van der Waals surface area contributed by atoms with Gasteiger partial charge in [-0.15, -0.1) is 11.8 Å². The Bertz CT molecular complexity index is 391. The van der Waals surface area contributed by atoms with Crippen LogP contribution in [0.2, 0.25) is 0 Å². The Balaban J connectivity index is 2.00. The lowest BCUT2D eigenvalue weighted by Gasteiger charge is -2.13. The third-order valence-electron chi connectivity index (χ3n) is 3.01. The van der Waals surface area contributed by atoms with Crippen molar-refractivity contribution in [3.63, 3.8) is 0 Å². The number of hydrogen-bond acceptors (Lipinski definition) is 3. The maximum atomic E-state index is 13.3. The van der Waals surface area contributed by atoms with Gasteiger partial charge in [0.15, 0.2) is 0 Å². The van der Waals surface area contributed by atoms with E-state index in [0.29, 0.717) is 12.5 Å². The van der Waals surface area contributed by atoms with E-state index in [1.165, 1.54) is 6.07 Å². The second-order valence-electron chi connectivity index (χ2n) is 4.88. The molecule has 0 aliphatic carbocycles. The van der Waals surface area contributed by atoms with Gasteiger partial charge in [-0.1, -0.05) is 0 Å². The minimum absolute atomic E-state index is 0.0499. The normalized spacial score (nSPS) is 21.2. The maximum absolute atomic E-state index is 13.3. The molecule has 1 saturated heterocycles. The quantitative estimate of drug-likeness (QED) is 0.835. The second-order valence-corrected chi connectivity index (χ2v) is 5.94. The Kier molecular flexibility index (Phi) is 5.03. The smallest absolute Gasteiger partial charge is 0.123 e. The van der Waals surface area contributed by atoms with Crippen molar-refractivity contribution in [3.8, 4) is 0 Å². The van der Waals surface area contributed by atoms with E-state index in [1.807, 2.05) is 13.0 Å². The molecule has 2 N–H and O–H groups in total. The summed E-state index contributed by atoms with van der Waals surface area (Å²) < 4.78 is 18.9. The van der Waals surface area contributed by atoms with E-state index in [4.69, 9.17) is 10.5 Å². The zero-order chi connectivity index (χ0) is 13.0. The van der Waals surface area contributed by atoms with Gasteiger partial charge >= 0.3 is 0 Å². The molecule has 1 aromatic carbocycles. The fourth-order valence-electron chi connectivity index (χ4n) is 2.15. The van der Waals surface area contributed by atoms with Crippen LogP contribution in [0, 0.1) is 5.82 Å². The molecular formula is C14H20FNOS. The first kappa shape index (κ1) is 13.8. The van der Waals surface area contributed by atoms with E-state index < -0.39 is 0 Å². The van der Waals surface area contributed by atoms with Crippen molar-refractivity contribution in [2.45, 2.75) is 43.2 Å². The summed E-state index contributed by atoms with van der Waals surface area (Å²) in [5.74, 6) is 0.754. The molecule has 4 heteroatoms. The average Bonchev–Trinajstić information content (AvgIpc) is 2.80. The molecule has 0 amide bonds. The predicted molar refractivity (Wildman–Crippen MR) is 73.5 cm³/mol. The largest absolute Gasteiger partial charge is 0.377 e. The average molecular weight is 269 g/mol. The third kappa shape index (κ3) is 3.97. The Labute approximate surface area is 112 Å². The van der Waals surface area contributed by atoms with Gasteiger partial charge in [0.2, 0.25) is 0 Å². The van der Waals surface area contributed by atoms with E-state index in [9.17, 15) is 4.39 Å². The summed E-state index contributed by atoms with van der Waals surface area (Å²) in [7, 11) is 0. The molecule has 1 aromatic rings.